The van der Waals surface area contributed by atoms with Crippen LogP contribution in [0.5, 0.6) is 0 Å². The number of rotatable bonds is 5. The van der Waals surface area contributed by atoms with Gasteiger partial charge in [0.15, 0.2) is 0 Å². The first-order valence-electron chi connectivity index (χ1n) is 5.29. The molecule has 4 heteroatoms. The molecule has 0 aliphatic heterocycles. The summed E-state index contributed by atoms with van der Waals surface area (Å²) in [5.74, 6) is -0.498. The van der Waals surface area contributed by atoms with Crippen molar-refractivity contribution in [2.75, 3.05) is 6.61 Å². The zero-order valence-electron chi connectivity index (χ0n) is 9.24. The summed E-state index contributed by atoms with van der Waals surface area (Å²) in [6, 6.07) is 6.00. The highest BCUT2D eigenvalue weighted by molar-refractivity contribution is 5.76. The van der Waals surface area contributed by atoms with E-state index in [0.717, 1.165) is 0 Å². The fourth-order valence-corrected chi connectivity index (χ4v) is 1.46. The highest BCUT2D eigenvalue weighted by Crippen LogP contribution is 2.15. The number of aliphatic hydroxyl groups excluding tert-OH is 1. The Kier molecular flexibility index (Phi) is 4.92. The van der Waals surface area contributed by atoms with Crippen LogP contribution < -0.4 is 5.32 Å². The summed E-state index contributed by atoms with van der Waals surface area (Å²) in [5, 5.41) is 11.3. The lowest BCUT2D eigenvalue weighted by molar-refractivity contribution is -0.122. The number of carbonyl (C=O) groups is 1. The molecule has 3 nitrogen and oxygen atoms in total. The molecule has 16 heavy (non-hydrogen) atoms. The second-order valence-corrected chi connectivity index (χ2v) is 3.64. The van der Waals surface area contributed by atoms with Crippen molar-refractivity contribution in [3.63, 3.8) is 0 Å². The number of nitrogens with one attached hydrogen (secondary N) is 1. The monoisotopic (exact) mass is 225 g/mol. The fraction of sp³-hybridized carbons (Fsp3) is 0.417. The van der Waals surface area contributed by atoms with Crippen LogP contribution in [0.1, 0.15) is 31.4 Å². The van der Waals surface area contributed by atoms with Crippen LogP contribution in [-0.4, -0.2) is 17.6 Å². The molecular formula is C12H16FNO2. The largest absolute Gasteiger partial charge is 0.396 e. The molecule has 2 N–H and O–H groups in total. The second-order valence-electron chi connectivity index (χ2n) is 3.64. The van der Waals surface area contributed by atoms with Gasteiger partial charge in [-0.15, -0.1) is 0 Å². The van der Waals surface area contributed by atoms with Crippen LogP contribution in [0.15, 0.2) is 24.3 Å². The summed E-state index contributed by atoms with van der Waals surface area (Å²) in [5.41, 5.74) is 0.472. The molecule has 0 aliphatic rings. The second kappa shape index (κ2) is 6.23. The molecule has 0 saturated carbocycles. The Bertz CT molecular complexity index is 355. The third kappa shape index (κ3) is 3.62. The van der Waals surface area contributed by atoms with Crippen molar-refractivity contribution in [1.29, 1.82) is 0 Å². The molecule has 1 rings (SSSR count). The maximum Gasteiger partial charge on any atom is 0.220 e. The lowest BCUT2D eigenvalue weighted by Crippen LogP contribution is -2.27. The molecule has 0 bridgehead atoms. The molecule has 88 valence electrons. The van der Waals surface area contributed by atoms with E-state index in [0.29, 0.717) is 12.0 Å². The van der Waals surface area contributed by atoms with Crippen LogP contribution in [0.2, 0.25) is 0 Å². The number of hydrogen-bond acceptors (Lipinski definition) is 2. The molecule has 1 aromatic rings. The lowest BCUT2D eigenvalue weighted by atomic mass is 10.1. The van der Waals surface area contributed by atoms with E-state index in [4.69, 9.17) is 5.11 Å². The molecule has 0 heterocycles. The van der Waals surface area contributed by atoms with Crippen LogP contribution in [0.4, 0.5) is 4.39 Å². The number of aliphatic hydroxyl groups is 1. The molecule has 0 spiro atoms. The van der Waals surface area contributed by atoms with Gasteiger partial charge in [-0.05, 0) is 19.4 Å². The van der Waals surface area contributed by atoms with Gasteiger partial charge < -0.3 is 10.4 Å². The predicted molar refractivity (Wildman–Crippen MR) is 59.3 cm³/mol. The Labute approximate surface area is 94.3 Å². The molecule has 0 aliphatic carbocycles. The first-order chi connectivity index (χ1) is 7.65. The van der Waals surface area contributed by atoms with Crippen molar-refractivity contribution < 1.29 is 14.3 Å². The van der Waals surface area contributed by atoms with Crippen LogP contribution >= 0.6 is 0 Å². The minimum absolute atomic E-state index is 0.0124. The molecule has 1 atom stereocenters. The highest BCUT2D eigenvalue weighted by Gasteiger charge is 2.12. The maximum absolute atomic E-state index is 13.4. The normalized spacial score (nSPS) is 12.2. The Morgan fingerprint density at radius 3 is 2.81 bits per heavy atom. The maximum atomic E-state index is 13.4. The van der Waals surface area contributed by atoms with Gasteiger partial charge in [0.2, 0.25) is 5.91 Å². The van der Waals surface area contributed by atoms with Crippen LogP contribution in [-0.2, 0) is 4.79 Å². The minimum Gasteiger partial charge on any atom is -0.396 e. The Morgan fingerprint density at radius 2 is 2.19 bits per heavy atom. The first kappa shape index (κ1) is 12.6. The topological polar surface area (TPSA) is 49.3 Å². The quantitative estimate of drug-likeness (QED) is 0.802. The molecular weight excluding hydrogens is 209 g/mol. The number of carbonyl (C=O) groups excluding carboxylic acids is 1. The summed E-state index contributed by atoms with van der Waals surface area (Å²) in [7, 11) is 0. The zero-order valence-corrected chi connectivity index (χ0v) is 9.24. The van der Waals surface area contributed by atoms with E-state index < -0.39 is 0 Å². The summed E-state index contributed by atoms with van der Waals surface area (Å²) in [6.07, 6.45) is 0.686. The van der Waals surface area contributed by atoms with E-state index in [9.17, 15) is 9.18 Å². The van der Waals surface area contributed by atoms with Crippen molar-refractivity contribution in [2.24, 2.45) is 0 Å². The van der Waals surface area contributed by atoms with Gasteiger partial charge in [-0.25, -0.2) is 4.39 Å². The molecule has 1 aromatic carbocycles. The molecule has 0 aromatic heterocycles. The van der Waals surface area contributed by atoms with Crippen molar-refractivity contribution in [2.45, 2.75) is 25.8 Å². The van der Waals surface area contributed by atoms with E-state index in [-0.39, 0.29) is 30.8 Å². The van der Waals surface area contributed by atoms with E-state index >= 15 is 0 Å². The van der Waals surface area contributed by atoms with Gasteiger partial charge in [0.25, 0.3) is 0 Å². The Balaban J connectivity index is 2.55. The molecule has 0 radical (unpaired) electrons. The van der Waals surface area contributed by atoms with E-state index in [1.807, 2.05) is 0 Å². The number of amides is 1. The van der Waals surface area contributed by atoms with E-state index in [1.54, 1.807) is 25.1 Å². The smallest absolute Gasteiger partial charge is 0.220 e. The standard InChI is InChI=1S/C12H16FNO2/c1-9(14-12(16)7-4-8-15)10-5-2-3-6-11(10)13/h2-3,5-6,9,15H,4,7-8H2,1H3,(H,14,16)/t9-/m1/s1. The average Bonchev–Trinajstić information content (AvgIpc) is 2.26. The van der Waals surface area contributed by atoms with Crippen LogP contribution in [0, 0.1) is 5.82 Å². The van der Waals surface area contributed by atoms with Gasteiger partial charge in [-0.3, -0.25) is 4.79 Å². The van der Waals surface area contributed by atoms with Crippen LogP contribution in [0.25, 0.3) is 0 Å². The van der Waals surface area contributed by atoms with Crippen molar-refractivity contribution >= 4 is 5.91 Å². The third-order valence-electron chi connectivity index (χ3n) is 2.31. The summed E-state index contributed by atoms with van der Waals surface area (Å²) in [6.45, 7) is 1.72. The van der Waals surface area contributed by atoms with Crippen molar-refractivity contribution in [1.82, 2.24) is 5.32 Å². The van der Waals surface area contributed by atoms with Gasteiger partial charge in [-0.1, -0.05) is 18.2 Å². The van der Waals surface area contributed by atoms with Crippen molar-refractivity contribution in [3.8, 4) is 0 Å². The number of halogens is 1. The SMILES string of the molecule is C[C@@H](NC(=O)CCCO)c1ccccc1F. The van der Waals surface area contributed by atoms with Gasteiger partial charge in [0, 0.05) is 18.6 Å². The highest BCUT2D eigenvalue weighted by atomic mass is 19.1. The molecule has 0 unspecified atom stereocenters. The van der Waals surface area contributed by atoms with E-state index in [2.05, 4.69) is 5.32 Å². The summed E-state index contributed by atoms with van der Waals surface area (Å²) >= 11 is 0. The Hall–Kier alpha value is -1.42. The zero-order chi connectivity index (χ0) is 12.0. The van der Waals surface area contributed by atoms with Crippen molar-refractivity contribution in [3.05, 3.63) is 35.6 Å². The predicted octanol–water partition coefficient (Wildman–Crippen LogP) is 1.78. The fourth-order valence-electron chi connectivity index (χ4n) is 1.46. The Morgan fingerprint density at radius 1 is 1.50 bits per heavy atom. The molecule has 0 fully saturated rings. The average molecular weight is 225 g/mol. The third-order valence-corrected chi connectivity index (χ3v) is 2.31. The lowest BCUT2D eigenvalue weighted by Gasteiger charge is -2.14. The minimum atomic E-state index is -0.354. The van der Waals surface area contributed by atoms with E-state index in [1.165, 1.54) is 6.07 Å². The molecule has 0 saturated heterocycles. The van der Waals surface area contributed by atoms with Gasteiger partial charge in [-0.2, -0.15) is 0 Å². The van der Waals surface area contributed by atoms with Gasteiger partial charge in [0.1, 0.15) is 5.82 Å². The van der Waals surface area contributed by atoms with Gasteiger partial charge in [0.05, 0.1) is 6.04 Å². The van der Waals surface area contributed by atoms with Crippen LogP contribution in [0.3, 0.4) is 0 Å². The molecule has 1 amide bonds. The number of hydrogen-bond donors (Lipinski definition) is 2. The number of benzene rings is 1. The first-order valence-corrected chi connectivity index (χ1v) is 5.29. The van der Waals surface area contributed by atoms with Gasteiger partial charge >= 0.3 is 0 Å². The summed E-state index contributed by atoms with van der Waals surface area (Å²) < 4.78 is 13.4. The summed E-state index contributed by atoms with van der Waals surface area (Å²) in [4.78, 5) is 11.4.